The van der Waals surface area contributed by atoms with Crippen molar-refractivity contribution in [3.05, 3.63) is 48.8 Å². The molecule has 1 saturated heterocycles. The number of amides is 2. The van der Waals surface area contributed by atoms with Crippen LogP contribution < -0.4 is 15.4 Å². The molecule has 2 heterocycles. The molecule has 1 aromatic carbocycles. The Morgan fingerprint density at radius 2 is 2.08 bits per heavy atom. The fourth-order valence-corrected chi connectivity index (χ4v) is 2.54. The van der Waals surface area contributed by atoms with E-state index in [9.17, 15) is 9.90 Å². The molecule has 1 fully saturated rings. The van der Waals surface area contributed by atoms with Crippen LogP contribution in [0.3, 0.4) is 0 Å². The molecule has 3 N–H and O–H groups in total. The standard InChI is InChI=1S/C17H20N4O3.2ClH/c22-15-5-3-13(4-6-15)20-17(23)21-9-8-19-10-14(21)12-24-16-2-1-7-18-11-16;;/h1-7,11,14,19,22H,8-10,12H2,(H,20,23);2*1H. The summed E-state index contributed by atoms with van der Waals surface area (Å²) in [5, 5.41) is 15.4. The Morgan fingerprint density at radius 3 is 2.77 bits per heavy atom. The quantitative estimate of drug-likeness (QED) is 0.686. The minimum Gasteiger partial charge on any atom is -0.508 e. The van der Waals surface area contributed by atoms with Crippen molar-refractivity contribution in [1.29, 1.82) is 0 Å². The summed E-state index contributed by atoms with van der Waals surface area (Å²) in [5.41, 5.74) is 0.642. The second-order valence-corrected chi connectivity index (χ2v) is 5.53. The van der Waals surface area contributed by atoms with E-state index >= 15 is 0 Å². The number of benzene rings is 1. The third-order valence-electron chi connectivity index (χ3n) is 3.81. The summed E-state index contributed by atoms with van der Waals surface area (Å²) in [5.74, 6) is 0.847. The SMILES string of the molecule is Cl.Cl.O=C(Nc1ccc(O)cc1)N1CCNCC1COc1cccnc1. The third kappa shape index (κ3) is 5.94. The number of aromatic hydroxyl groups is 1. The van der Waals surface area contributed by atoms with Crippen LogP contribution in [0.5, 0.6) is 11.5 Å². The maximum Gasteiger partial charge on any atom is 0.322 e. The van der Waals surface area contributed by atoms with Gasteiger partial charge in [-0.3, -0.25) is 4.98 Å². The second-order valence-electron chi connectivity index (χ2n) is 5.53. The molecule has 1 unspecified atom stereocenters. The molecular formula is C17H22Cl2N4O3. The van der Waals surface area contributed by atoms with Crippen molar-refractivity contribution >= 4 is 36.5 Å². The normalized spacial score (nSPS) is 16.0. The molecule has 0 aliphatic carbocycles. The number of carbonyl (C=O) groups is 1. The Kier molecular flexibility index (Phi) is 8.98. The molecule has 2 aromatic rings. The average Bonchev–Trinajstić information content (AvgIpc) is 2.63. The molecule has 1 atom stereocenters. The number of hydrogen-bond acceptors (Lipinski definition) is 5. The fourth-order valence-electron chi connectivity index (χ4n) is 2.54. The first-order chi connectivity index (χ1) is 11.7. The highest BCUT2D eigenvalue weighted by Crippen LogP contribution is 2.16. The number of nitrogens with one attached hydrogen (secondary N) is 2. The molecule has 1 aliphatic heterocycles. The van der Waals surface area contributed by atoms with Gasteiger partial charge < -0.3 is 25.4 Å². The molecule has 1 aromatic heterocycles. The van der Waals surface area contributed by atoms with Crippen molar-refractivity contribution in [2.75, 3.05) is 31.6 Å². The largest absolute Gasteiger partial charge is 0.508 e. The van der Waals surface area contributed by atoms with E-state index in [1.807, 2.05) is 12.1 Å². The van der Waals surface area contributed by atoms with Crippen LogP contribution in [-0.2, 0) is 0 Å². The lowest BCUT2D eigenvalue weighted by atomic mass is 10.2. The van der Waals surface area contributed by atoms with Crippen molar-refractivity contribution in [3.63, 3.8) is 0 Å². The number of aromatic nitrogens is 1. The molecule has 0 radical (unpaired) electrons. The number of halogens is 2. The summed E-state index contributed by atoms with van der Waals surface area (Å²) in [4.78, 5) is 18.3. The van der Waals surface area contributed by atoms with E-state index in [1.54, 1.807) is 29.4 Å². The van der Waals surface area contributed by atoms with E-state index in [-0.39, 0.29) is 42.6 Å². The monoisotopic (exact) mass is 400 g/mol. The minimum atomic E-state index is -0.179. The van der Waals surface area contributed by atoms with E-state index in [1.165, 1.54) is 12.1 Å². The van der Waals surface area contributed by atoms with Gasteiger partial charge in [0.25, 0.3) is 0 Å². The number of phenolic OH excluding ortho intramolecular Hbond substituents is 1. The zero-order valence-electron chi connectivity index (χ0n) is 14.0. The molecule has 0 bridgehead atoms. The lowest BCUT2D eigenvalue weighted by Crippen LogP contribution is -2.57. The lowest BCUT2D eigenvalue weighted by Gasteiger charge is -2.35. The Morgan fingerprint density at radius 1 is 1.31 bits per heavy atom. The van der Waals surface area contributed by atoms with Crippen molar-refractivity contribution in [1.82, 2.24) is 15.2 Å². The molecule has 7 nitrogen and oxygen atoms in total. The number of nitrogens with zero attached hydrogens (tertiary/aromatic N) is 2. The fraction of sp³-hybridized carbons (Fsp3) is 0.294. The predicted octanol–water partition coefficient (Wildman–Crippen LogP) is 2.52. The van der Waals surface area contributed by atoms with E-state index in [4.69, 9.17) is 4.74 Å². The van der Waals surface area contributed by atoms with Gasteiger partial charge in [-0.25, -0.2) is 4.79 Å². The molecule has 2 amide bonds. The van der Waals surface area contributed by atoms with Crippen LogP contribution in [0.2, 0.25) is 0 Å². The molecule has 0 spiro atoms. The molecule has 9 heteroatoms. The Hall–Kier alpha value is -2.22. The lowest BCUT2D eigenvalue weighted by molar-refractivity contribution is 0.133. The summed E-state index contributed by atoms with van der Waals surface area (Å²) >= 11 is 0. The predicted molar refractivity (Wildman–Crippen MR) is 105 cm³/mol. The van der Waals surface area contributed by atoms with Crippen LogP contribution >= 0.6 is 24.8 Å². The summed E-state index contributed by atoms with van der Waals surface area (Å²) in [6.45, 7) is 2.41. The van der Waals surface area contributed by atoms with Crippen LogP contribution in [0.25, 0.3) is 0 Å². The van der Waals surface area contributed by atoms with Gasteiger partial charge in [-0.05, 0) is 36.4 Å². The van der Waals surface area contributed by atoms with Gasteiger partial charge in [0, 0.05) is 31.5 Å². The Bertz CT molecular complexity index is 673. The third-order valence-corrected chi connectivity index (χ3v) is 3.81. The number of urea groups is 1. The van der Waals surface area contributed by atoms with Crippen LogP contribution in [-0.4, -0.2) is 53.3 Å². The first-order valence-corrected chi connectivity index (χ1v) is 7.82. The zero-order valence-corrected chi connectivity index (χ0v) is 15.6. The van der Waals surface area contributed by atoms with Crippen molar-refractivity contribution in [2.24, 2.45) is 0 Å². The van der Waals surface area contributed by atoms with Crippen LogP contribution in [0.4, 0.5) is 10.5 Å². The molecule has 1 aliphatic rings. The van der Waals surface area contributed by atoms with E-state index in [0.717, 1.165) is 6.54 Å². The first kappa shape index (κ1) is 21.8. The summed E-state index contributed by atoms with van der Waals surface area (Å²) in [7, 11) is 0. The number of anilines is 1. The Balaban J connectivity index is 0.00000169. The molecule has 3 rings (SSSR count). The van der Waals surface area contributed by atoms with Gasteiger partial charge >= 0.3 is 6.03 Å². The highest BCUT2D eigenvalue weighted by Gasteiger charge is 2.27. The van der Waals surface area contributed by atoms with Gasteiger partial charge in [-0.1, -0.05) is 0 Å². The van der Waals surface area contributed by atoms with Crippen LogP contribution in [0.1, 0.15) is 0 Å². The number of carbonyl (C=O) groups excluding carboxylic acids is 1. The molecule has 26 heavy (non-hydrogen) atoms. The highest BCUT2D eigenvalue weighted by atomic mass is 35.5. The molecule has 142 valence electrons. The molecular weight excluding hydrogens is 379 g/mol. The van der Waals surface area contributed by atoms with E-state index in [0.29, 0.717) is 31.1 Å². The van der Waals surface area contributed by atoms with Crippen molar-refractivity contribution < 1.29 is 14.6 Å². The number of ether oxygens (including phenoxy) is 1. The van der Waals surface area contributed by atoms with E-state index in [2.05, 4.69) is 15.6 Å². The van der Waals surface area contributed by atoms with Gasteiger partial charge in [0.2, 0.25) is 0 Å². The number of piperazine rings is 1. The average molecular weight is 401 g/mol. The maximum absolute atomic E-state index is 12.5. The van der Waals surface area contributed by atoms with Gasteiger partial charge in [-0.15, -0.1) is 24.8 Å². The topological polar surface area (TPSA) is 86.7 Å². The highest BCUT2D eigenvalue weighted by molar-refractivity contribution is 5.89. The summed E-state index contributed by atoms with van der Waals surface area (Å²) in [6, 6.07) is 9.80. The number of phenols is 1. The van der Waals surface area contributed by atoms with Crippen LogP contribution in [0, 0.1) is 0 Å². The zero-order chi connectivity index (χ0) is 16.8. The number of pyridine rings is 1. The van der Waals surface area contributed by atoms with Crippen molar-refractivity contribution in [3.8, 4) is 11.5 Å². The molecule has 0 saturated carbocycles. The smallest absolute Gasteiger partial charge is 0.322 e. The minimum absolute atomic E-state index is 0. The van der Waals surface area contributed by atoms with Gasteiger partial charge in [-0.2, -0.15) is 0 Å². The van der Waals surface area contributed by atoms with Gasteiger partial charge in [0.05, 0.1) is 12.2 Å². The maximum atomic E-state index is 12.5. The Labute approximate surface area is 164 Å². The second kappa shape index (κ2) is 10.7. The van der Waals surface area contributed by atoms with Gasteiger partial charge in [0.15, 0.2) is 0 Å². The van der Waals surface area contributed by atoms with Crippen molar-refractivity contribution in [2.45, 2.75) is 6.04 Å². The number of rotatable bonds is 4. The van der Waals surface area contributed by atoms with Gasteiger partial charge in [0.1, 0.15) is 18.1 Å². The summed E-state index contributed by atoms with van der Waals surface area (Å²) < 4.78 is 5.73. The van der Waals surface area contributed by atoms with Crippen LogP contribution in [0.15, 0.2) is 48.8 Å². The first-order valence-electron chi connectivity index (χ1n) is 7.82. The van der Waals surface area contributed by atoms with E-state index < -0.39 is 0 Å². The summed E-state index contributed by atoms with van der Waals surface area (Å²) in [6.07, 6.45) is 3.34. The number of hydrogen-bond donors (Lipinski definition) is 3.